The first-order valence-corrected chi connectivity index (χ1v) is 43.8. The SMILES string of the molecule is CCCCCCCCCCCC(CCCCCCCC)(CCCCCCCC)OP(=O)(OC(CCCCCCCC)(CCCCCCCC)CCCCCCCCCCC)OC(CCCCCCCC)(CCCCCCCC)CCCCCCCCCCC. The molecule has 0 saturated carbocycles. The van der Waals surface area contributed by atoms with Crippen LogP contribution in [0, 0.1) is 0 Å². The highest BCUT2D eigenvalue weighted by Gasteiger charge is 2.50. The highest BCUT2D eigenvalue weighted by atomic mass is 31.2. The van der Waals surface area contributed by atoms with E-state index in [1.807, 2.05) is 0 Å². The van der Waals surface area contributed by atoms with Gasteiger partial charge in [0.15, 0.2) is 0 Å². The van der Waals surface area contributed by atoms with Crippen molar-refractivity contribution in [2.75, 3.05) is 0 Å². The normalized spacial score (nSPS) is 12.6. The summed E-state index contributed by atoms with van der Waals surface area (Å²) in [4.78, 5) is 0. The van der Waals surface area contributed by atoms with Crippen LogP contribution in [-0.2, 0) is 18.1 Å². The number of hydrogen-bond donors (Lipinski definition) is 0. The summed E-state index contributed by atoms with van der Waals surface area (Å²) in [6.45, 7) is 21.1. The minimum Gasteiger partial charge on any atom is -0.280 e. The van der Waals surface area contributed by atoms with Gasteiger partial charge in [-0.3, -0.25) is 13.6 Å². The fraction of sp³-hybridized carbons (Fsp3) is 1.00. The maximum atomic E-state index is 18.0. The Labute approximate surface area is 564 Å². The third-order valence-corrected chi connectivity index (χ3v) is 22.9. The summed E-state index contributed by atoms with van der Waals surface area (Å²) in [6, 6.07) is 0. The molecule has 0 spiro atoms. The maximum Gasteiger partial charge on any atom is 0.476 e. The molecule has 536 valence electrons. The molecular weight excluding hydrogens is 1100 g/mol. The van der Waals surface area contributed by atoms with Crippen LogP contribution in [0.2, 0.25) is 0 Å². The topological polar surface area (TPSA) is 44.8 Å². The molecule has 0 amide bonds. The third kappa shape index (κ3) is 55.9. The first-order chi connectivity index (χ1) is 43.7. The highest BCUT2D eigenvalue weighted by molar-refractivity contribution is 7.48. The molecule has 0 bridgehead atoms. The summed E-state index contributed by atoms with van der Waals surface area (Å²) in [5.41, 5.74) is -1.54. The second kappa shape index (κ2) is 68.1. The van der Waals surface area contributed by atoms with E-state index in [1.165, 1.54) is 347 Å². The van der Waals surface area contributed by atoms with Gasteiger partial charge in [-0.1, -0.05) is 467 Å². The molecule has 4 nitrogen and oxygen atoms in total. The minimum atomic E-state index is -4.21. The molecule has 0 aliphatic carbocycles. The lowest BCUT2D eigenvalue weighted by Crippen LogP contribution is -2.40. The molecule has 0 saturated heterocycles. The molecule has 0 aliphatic heterocycles. The summed E-state index contributed by atoms with van der Waals surface area (Å²) in [6.07, 6.45) is 90.1. The Bertz CT molecular complexity index is 1190. The quantitative estimate of drug-likeness (QED) is 0.0450. The predicted octanol–water partition coefficient (Wildman–Crippen LogP) is 32.6. The molecule has 5 heteroatoms. The van der Waals surface area contributed by atoms with Crippen molar-refractivity contribution >= 4 is 7.82 Å². The molecule has 0 unspecified atom stereocenters. The van der Waals surface area contributed by atoms with Gasteiger partial charge in [-0.25, -0.2) is 4.57 Å². The van der Waals surface area contributed by atoms with Gasteiger partial charge < -0.3 is 0 Å². The number of rotatable bonds is 78. The Morgan fingerprint density at radius 3 is 0.348 bits per heavy atom. The van der Waals surface area contributed by atoms with Crippen molar-refractivity contribution in [3.8, 4) is 0 Å². The van der Waals surface area contributed by atoms with Gasteiger partial charge in [0.1, 0.15) is 0 Å². The van der Waals surface area contributed by atoms with Crippen LogP contribution < -0.4 is 0 Å². The van der Waals surface area contributed by atoms with Crippen molar-refractivity contribution in [3.63, 3.8) is 0 Å². The molecule has 0 fully saturated rings. The lowest BCUT2D eigenvalue weighted by Gasteiger charge is -2.45. The van der Waals surface area contributed by atoms with Gasteiger partial charge in [-0.2, -0.15) is 0 Å². The largest absolute Gasteiger partial charge is 0.476 e. The third-order valence-electron chi connectivity index (χ3n) is 21.0. The zero-order valence-corrected chi connectivity index (χ0v) is 64.4. The van der Waals surface area contributed by atoms with E-state index in [2.05, 4.69) is 62.3 Å². The molecule has 0 rings (SSSR count). The van der Waals surface area contributed by atoms with Crippen molar-refractivity contribution in [1.82, 2.24) is 0 Å². The molecule has 0 atom stereocenters. The van der Waals surface area contributed by atoms with Gasteiger partial charge in [0.05, 0.1) is 16.8 Å². The molecule has 0 heterocycles. The Balaban J connectivity index is 8.50. The lowest BCUT2D eigenvalue weighted by molar-refractivity contribution is -0.0910. The van der Waals surface area contributed by atoms with E-state index in [-0.39, 0.29) is 0 Å². The zero-order chi connectivity index (χ0) is 65.0. The second-order valence-corrected chi connectivity index (χ2v) is 31.6. The van der Waals surface area contributed by atoms with Crippen molar-refractivity contribution in [3.05, 3.63) is 0 Å². The van der Waals surface area contributed by atoms with Crippen LogP contribution in [0.3, 0.4) is 0 Å². The minimum absolute atomic E-state index is 0.514. The van der Waals surface area contributed by atoms with E-state index in [9.17, 15) is 0 Å². The fourth-order valence-electron chi connectivity index (χ4n) is 14.9. The van der Waals surface area contributed by atoms with Crippen LogP contribution >= 0.6 is 7.82 Å². The first kappa shape index (κ1) is 89.1. The molecule has 0 aliphatic rings. The molecular formula is C84H171O4P. The summed E-state index contributed by atoms with van der Waals surface area (Å²) in [7, 11) is -4.21. The van der Waals surface area contributed by atoms with Gasteiger partial charge in [0, 0.05) is 0 Å². The van der Waals surface area contributed by atoms with Crippen LogP contribution in [0.1, 0.15) is 525 Å². The monoisotopic (exact) mass is 1280 g/mol. The number of hydrogen-bond acceptors (Lipinski definition) is 4. The van der Waals surface area contributed by atoms with Crippen LogP contribution in [0.5, 0.6) is 0 Å². The highest BCUT2D eigenvalue weighted by Crippen LogP contribution is 2.64. The van der Waals surface area contributed by atoms with Gasteiger partial charge in [0.2, 0.25) is 0 Å². The average molecular weight is 1280 g/mol. The zero-order valence-electron chi connectivity index (χ0n) is 63.5. The molecule has 0 radical (unpaired) electrons. The number of phosphoric acid groups is 1. The van der Waals surface area contributed by atoms with E-state index in [0.717, 1.165) is 116 Å². The second-order valence-electron chi connectivity index (χ2n) is 30.1. The van der Waals surface area contributed by atoms with Gasteiger partial charge in [-0.05, 0) is 57.8 Å². The van der Waals surface area contributed by atoms with Crippen LogP contribution in [0.25, 0.3) is 0 Å². The summed E-state index contributed by atoms with van der Waals surface area (Å²) in [5, 5.41) is 0. The standard InChI is InChI=1S/C84H171O4P/c1-10-19-28-37-46-49-52-61-70-79-82(73-64-55-40-31-22-13-4,74-65-56-41-32-23-14-5)86-89(85,87-83(75-66-57-42-33-24-15-6,76-67-58-43-34-25-16-7)80-71-62-53-50-47-38-29-20-11-2)88-84(77-68-59-44-35-26-17-8,78-69-60-45-36-27-18-9)81-72-63-54-51-48-39-30-21-12-3/h10-81H2,1-9H3. The smallest absolute Gasteiger partial charge is 0.280 e. The fourth-order valence-corrected chi connectivity index (χ4v) is 17.3. The van der Waals surface area contributed by atoms with Crippen LogP contribution in [0.15, 0.2) is 0 Å². The van der Waals surface area contributed by atoms with Crippen molar-refractivity contribution < 1.29 is 18.1 Å². The van der Waals surface area contributed by atoms with E-state index in [4.69, 9.17) is 13.6 Å². The van der Waals surface area contributed by atoms with Crippen molar-refractivity contribution in [1.29, 1.82) is 0 Å². The Morgan fingerprint density at radius 1 is 0.157 bits per heavy atom. The molecule has 0 aromatic carbocycles. The number of phosphoric ester groups is 1. The van der Waals surface area contributed by atoms with Gasteiger partial charge in [0.25, 0.3) is 0 Å². The molecule has 0 N–H and O–H groups in total. The van der Waals surface area contributed by atoms with E-state index >= 15 is 4.57 Å². The summed E-state index contributed by atoms with van der Waals surface area (Å²) < 4.78 is 42.6. The van der Waals surface area contributed by atoms with Crippen molar-refractivity contribution in [2.45, 2.75) is 541 Å². The molecule has 89 heavy (non-hydrogen) atoms. The van der Waals surface area contributed by atoms with E-state index in [1.54, 1.807) is 0 Å². The van der Waals surface area contributed by atoms with Crippen LogP contribution in [0.4, 0.5) is 0 Å². The Hall–Kier alpha value is 0.110. The van der Waals surface area contributed by atoms with Crippen molar-refractivity contribution in [2.24, 2.45) is 0 Å². The van der Waals surface area contributed by atoms with Crippen LogP contribution in [-0.4, -0.2) is 16.8 Å². The summed E-state index contributed by atoms with van der Waals surface area (Å²) >= 11 is 0. The molecule has 0 aromatic rings. The van der Waals surface area contributed by atoms with Gasteiger partial charge in [-0.15, -0.1) is 0 Å². The Morgan fingerprint density at radius 2 is 0.247 bits per heavy atom. The van der Waals surface area contributed by atoms with E-state index < -0.39 is 24.6 Å². The number of unbranched alkanes of at least 4 members (excludes halogenated alkanes) is 54. The Kier molecular flexibility index (Phi) is 68.1. The lowest BCUT2D eigenvalue weighted by atomic mass is 9.85. The predicted molar refractivity (Wildman–Crippen MR) is 403 cm³/mol. The average Bonchev–Trinajstić information content (AvgIpc) is 0.917. The first-order valence-electron chi connectivity index (χ1n) is 42.4. The summed E-state index contributed by atoms with van der Waals surface area (Å²) in [5.74, 6) is 0. The maximum absolute atomic E-state index is 18.0. The van der Waals surface area contributed by atoms with Gasteiger partial charge >= 0.3 is 7.82 Å². The van der Waals surface area contributed by atoms with E-state index in [0.29, 0.717) is 0 Å². The molecule has 0 aromatic heterocycles.